The molecule has 4 heteroatoms. The molecule has 2 rings (SSSR count). The largest absolute Gasteiger partial charge is 0.497 e. The molecule has 0 aliphatic carbocycles. The Morgan fingerprint density at radius 1 is 1.33 bits per heavy atom. The molecular weight excluding hydrogens is 294 g/mol. The van der Waals surface area contributed by atoms with E-state index in [1.807, 2.05) is 37.3 Å². The van der Waals surface area contributed by atoms with E-state index in [1.165, 1.54) is 0 Å². The van der Waals surface area contributed by atoms with Crippen LogP contribution in [-0.2, 0) is 6.42 Å². The van der Waals surface area contributed by atoms with Gasteiger partial charge < -0.3 is 14.9 Å². The summed E-state index contributed by atoms with van der Waals surface area (Å²) in [6.07, 6.45) is 0.738. The summed E-state index contributed by atoms with van der Waals surface area (Å²) >= 11 is 3.52. The van der Waals surface area contributed by atoms with Crippen LogP contribution in [0.1, 0.15) is 12.7 Å². The second kappa shape index (κ2) is 5.59. The Balaban J connectivity index is 2.33. The average Bonchev–Trinajstić information content (AvgIpc) is 2.77. The Morgan fingerprint density at radius 3 is 2.78 bits per heavy atom. The summed E-state index contributed by atoms with van der Waals surface area (Å²) in [4.78, 5) is 0. The SMILES string of the molecule is COc1ccc(Br)c(-c2ccc(CC(C)N)o2)c1. The van der Waals surface area contributed by atoms with Crippen molar-refractivity contribution in [1.29, 1.82) is 0 Å². The second-order valence-electron chi connectivity index (χ2n) is 4.29. The number of benzene rings is 1. The first kappa shape index (κ1) is 13.2. The van der Waals surface area contributed by atoms with Gasteiger partial charge in [-0.15, -0.1) is 0 Å². The van der Waals surface area contributed by atoms with Gasteiger partial charge in [-0.25, -0.2) is 0 Å². The van der Waals surface area contributed by atoms with Gasteiger partial charge in [-0.2, -0.15) is 0 Å². The van der Waals surface area contributed by atoms with Crippen LogP contribution in [-0.4, -0.2) is 13.2 Å². The van der Waals surface area contributed by atoms with Gasteiger partial charge >= 0.3 is 0 Å². The van der Waals surface area contributed by atoms with Gasteiger partial charge in [0.2, 0.25) is 0 Å². The Kier molecular flexibility index (Phi) is 4.09. The summed E-state index contributed by atoms with van der Waals surface area (Å²) in [5, 5.41) is 0. The zero-order valence-electron chi connectivity index (χ0n) is 10.4. The first-order valence-electron chi connectivity index (χ1n) is 5.78. The molecule has 96 valence electrons. The van der Waals surface area contributed by atoms with Crippen molar-refractivity contribution in [2.45, 2.75) is 19.4 Å². The molecule has 1 aromatic carbocycles. The van der Waals surface area contributed by atoms with Crippen molar-refractivity contribution >= 4 is 15.9 Å². The molecule has 0 spiro atoms. The highest BCUT2D eigenvalue weighted by Crippen LogP contribution is 2.33. The monoisotopic (exact) mass is 309 g/mol. The molecule has 1 aromatic heterocycles. The van der Waals surface area contributed by atoms with Crippen LogP contribution < -0.4 is 10.5 Å². The minimum absolute atomic E-state index is 0.0951. The predicted molar refractivity (Wildman–Crippen MR) is 75.7 cm³/mol. The van der Waals surface area contributed by atoms with Crippen LogP contribution in [0.3, 0.4) is 0 Å². The molecule has 0 fully saturated rings. The second-order valence-corrected chi connectivity index (χ2v) is 5.15. The molecule has 0 bridgehead atoms. The van der Waals surface area contributed by atoms with E-state index in [0.717, 1.165) is 33.7 Å². The van der Waals surface area contributed by atoms with E-state index >= 15 is 0 Å². The van der Waals surface area contributed by atoms with Crippen molar-refractivity contribution in [3.63, 3.8) is 0 Å². The van der Waals surface area contributed by atoms with Crippen LogP contribution in [0.2, 0.25) is 0 Å². The summed E-state index contributed by atoms with van der Waals surface area (Å²) in [6.45, 7) is 1.96. The summed E-state index contributed by atoms with van der Waals surface area (Å²) in [7, 11) is 1.65. The average molecular weight is 310 g/mol. The molecule has 0 radical (unpaired) electrons. The molecule has 0 aliphatic heterocycles. The third kappa shape index (κ3) is 2.94. The number of halogens is 1. The minimum Gasteiger partial charge on any atom is -0.497 e. The molecule has 18 heavy (non-hydrogen) atoms. The van der Waals surface area contributed by atoms with Gasteiger partial charge in [-0.3, -0.25) is 0 Å². The summed E-state index contributed by atoms with van der Waals surface area (Å²) in [5.74, 6) is 2.52. The van der Waals surface area contributed by atoms with Gasteiger partial charge in [-0.05, 0) is 37.3 Å². The Bertz CT molecular complexity index is 534. The van der Waals surface area contributed by atoms with Crippen LogP contribution in [0.4, 0.5) is 0 Å². The van der Waals surface area contributed by atoms with Crippen molar-refractivity contribution < 1.29 is 9.15 Å². The smallest absolute Gasteiger partial charge is 0.135 e. The lowest BCUT2D eigenvalue weighted by Gasteiger charge is -2.05. The van der Waals surface area contributed by atoms with Crippen molar-refractivity contribution in [2.75, 3.05) is 7.11 Å². The fourth-order valence-electron chi connectivity index (χ4n) is 1.77. The lowest BCUT2D eigenvalue weighted by atomic mass is 10.1. The van der Waals surface area contributed by atoms with E-state index in [1.54, 1.807) is 7.11 Å². The number of hydrogen-bond donors (Lipinski definition) is 1. The number of furan rings is 1. The molecule has 0 saturated carbocycles. The van der Waals surface area contributed by atoms with Crippen molar-refractivity contribution in [3.05, 3.63) is 40.6 Å². The molecule has 3 nitrogen and oxygen atoms in total. The van der Waals surface area contributed by atoms with Gasteiger partial charge in [0.1, 0.15) is 17.3 Å². The number of nitrogens with two attached hydrogens (primary N) is 1. The van der Waals surface area contributed by atoms with Crippen LogP contribution >= 0.6 is 15.9 Å². The van der Waals surface area contributed by atoms with Crippen LogP contribution in [0.15, 0.2) is 39.2 Å². The first-order valence-corrected chi connectivity index (χ1v) is 6.57. The maximum atomic E-state index is 5.80. The third-order valence-electron chi connectivity index (χ3n) is 2.62. The van der Waals surface area contributed by atoms with Crippen molar-refractivity contribution in [1.82, 2.24) is 0 Å². The van der Waals surface area contributed by atoms with Crippen LogP contribution in [0, 0.1) is 0 Å². The topological polar surface area (TPSA) is 48.4 Å². The van der Waals surface area contributed by atoms with Crippen LogP contribution in [0.25, 0.3) is 11.3 Å². The lowest BCUT2D eigenvalue weighted by molar-refractivity contribution is 0.414. The number of methoxy groups -OCH3 is 1. The Hall–Kier alpha value is -1.26. The molecule has 0 aliphatic rings. The molecule has 1 heterocycles. The highest BCUT2D eigenvalue weighted by Gasteiger charge is 2.10. The number of hydrogen-bond acceptors (Lipinski definition) is 3. The quantitative estimate of drug-likeness (QED) is 0.938. The van der Waals surface area contributed by atoms with Crippen molar-refractivity contribution in [2.24, 2.45) is 5.73 Å². The molecule has 0 amide bonds. The first-order chi connectivity index (χ1) is 8.60. The van der Waals surface area contributed by atoms with Crippen molar-refractivity contribution in [3.8, 4) is 17.1 Å². The lowest BCUT2D eigenvalue weighted by Crippen LogP contribution is -2.17. The zero-order valence-corrected chi connectivity index (χ0v) is 12.0. The maximum absolute atomic E-state index is 5.80. The molecule has 1 unspecified atom stereocenters. The van der Waals surface area contributed by atoms with E-state index < -0.39 is 0 Å². The predicted octanol–water partition coefficient (Wildman–Crippen LogP) is 3.61. The highest BCUT2D eigenvalue weighted by molar-refractivity contribution is 9.10. The fraction of sp³-hybridized carbons (Fsp3) is 0.286. The van der Waals surface area contributed by atoms with Gasteiger partial charge in [0, 0.05) is 22.5 Å². The Morgan fingerprint density at radius 2 is 2.11 bits per heavy atom. The maximum Gasteiger partial charge on any atom is 0.135 e. The molecule has 2 N–H and O–H groups in total. The van der Waals surface area contributed by atoms with Gasteiger partial charge in [-0.1, -0.05) is 15.9 Å². The van der Waals surface area contributed by atoms with Gasteiger partial charge in [0.15, 0.2) is 0 Å². The van der Waals surface area contributed by atoms with Gasteiger partial charge in [0.05, 0.1) is 7.11 Å². The Labute approximate surface area is 115 Å². The molecular formula is C14H16BrNO2. The zero-order chi connectivity index (χ0) is 13.1. The summed E-state index contributed by atoms with van der Waals surface area (Å²) in [5.41, 5.74) is 6.74. The standard InChI is InChI=1S/C14H16BrNO2/c1-9(16)7-11-4-6-14(18-11)12-8-10(17-2)3-5-13(12)15/h3-6,8-9H,7,16H2,1-2H3. The summed E-state index contributed by atoms with van der Waals surface area (Å²) in [6, 6.07) is 9.81. The third-order valence-corrected chi connectivity index (χ3v) is 3.32. The van der Waals surface area contributed by atoms with Gasteiger partial charge in [0.25, 0.3) is 0 Å². The van der Waals surface area contributed by atoms with Crippen LogP contribution in [0.5, 0.6) is 5.75 Å². The summed E-state index contributed by atoms with van der Waals surface area (Å²) < 4.78 is 12.0. The normalized spacial score (nSPS) is 12.4. The number of ether oxygens (including phenoxy) is 1. The van der Waals surface area contributed by atoms with E-state index in [-0.39, 0.29) is 6.04 Å². The van der Waals surface area contributed by atoms with E-state index in [9.17, 15) is 0 Å². The fourth-order valence-corrected chi connectivity index (χ4v) is 2.21. The highest BCUT2D eigenvalue weighted by atomic mass is 79.9. The van der Waals surface area contributed by atoms with E-state index in [0.29, 0.717) is 0 Å². The molecule has 2 aromatic rings. The molecule has 0 saturated heterocycles. The molecule has 1 atom stereocenters. The number of rotatable bonds is 4. The minimum atomic E-state index is 0.0951. The van der Waals surface area contributed by atoms with E-state index in [4.69, 9.17) is 14.9 Å². The van der Waals surface area contributed by atoms with E-state index in [2.05, 4.69) is 15.9 Å².